The average molecular weight is 173 g/mol. The molecule has 0 saturated heterocycles. The highest BCUT2D eigenvalue weighted by Crippen LogP contribution is 2.17. The first kappa shape index (κ1) is 9.48. The van der Waals surface area contributed by atoms with Gasteiger partial charge in [-0.15, -0.1) is 0 Å². The summed E-state index contributed by atoms with van der Waals surface area (Å²) in [6, 6.07) is -0.154. The van der Waals surface area contributed by atoms with Crippen molar-refractivity contribution in [3.05, 3.63) is 0 Å². The second-order valence-electron chi connectivity index (χ2n) is 3.18. The van der Waals surface area contributed by atoms with Gasteiger partial charge in [0.2, 0.25) is 5.91 Å². The quantitative estimate of drug-likeness (QED) is 0.522. The Kier molecular flexibility index (Phi) is 3.49. The van der Waals surface area contributed by atoms with Crippen molar-refractivity contribution in [1.82, 2.24) is 5.32 Å². The lowest BCUT2D eigenvalue weighted by molar-refractivity contribution is -0.125. The molecule has 3 N–H and O–H groups in total. The summed E-state index contributed by atoms with van der Waals surface area (Å²) < 4.78 is 0. The molecule has 1 saturated carbocycles. The van der Waals surface area contributed by atoms with Crippen molar-refractivity contribution in [3.63, 3.8) is 0 Å². The molecule has 0 heterocycles. The van der Waals surface area contributed by atoms with Gasteiger partial charge in [-0.2, -0.15) is 0 Å². The Morgan fingerprint density at radius 1 is 1.42 bits per heavy atom. The van der Waals surface area contributed by atoms with E-state index in [1.807, 2.05) is 0 Å². The summed E-state index contributed by atoms with van der Waals surface area (Å²) >= 11 is 0. The van der Waals surface area contributed by atoms with Crippen LogP contribution in [0.2, 0.25) is 0 Å². The van der Waals surface area contributed by atoms with Crippen LogP contribution in [0.25, 0.3) is 0 Å². The van der Waals surface area contributed by atoms with Gasteiger partial charge in [0.15, 0.2) is 0 Å². The zero-order valence-corrected chi connectivity index (χ0v) is 6.99. The third-order valence-electron chi connectivity index (χ3n) is 2.22. The number of rotatable bonds is 2. The van der Waals surface area contributed by atoms with Gasteiger partial charge in [0.25, 0.3) is 0 Å². The zero-order chi connectivity index (χ0) is 8.97. The summed E-state index contributed by atoms with van der Waals surface area (Å²) in [5.74, 6) is -0.402. The third kappa shape index (κ3) is 2.46. The van der Waals surface area contributed by atoms with Gasteiger partial charge in [-0.25, -0.2) is 0 Å². The second-order valence-corrected chi connectivity index (χ2v) is 3.18. The molecule has 1 rings (SSSR count). The van der Waals surface area contributed by atoms with Crippen LogP contribution < -0.4 is 5.32 Å². The fraction of sp³-hybridized carbons (Fsp3) is 0.875. The van der Waals surface area contributed by atoms with Crippen molar-refractivity contribution in [2.24, 2.45) is 0 Å². The van der Waals surface area contributed by atoms with E-state index in [0.29, 0.717) is 0 Å². The van der Waals surface area contributed by atoms with Crippen LogP contribution >= 0.6 is 0 Å². The standard InChI is InChI=1S/C8H15NO3/c10-5-8(12)9-6-3-1-2-4-7(6)11/h6-7,10-11H,1-5H2,(H,9,12)/t6-,7-/m1/s1. The van der Waals surface area contributed by atoms with Crippen LogP contribution in [0, 0.1) is 0 Å². The number of carbonyl (C=O) groups excluding carboxylic acids is 1. The molecule has 2 atom stereocenters. The Hall–Kier alpha value is -0.610. The minimum absolute atomic E-state index is 0.154. The van der Waals surface area contributed by atoms with Crippen LogP contribution in [0.15, 0.2) is 0 Å². The molecular weight excluding hydrogens is 158 g/mol. The summed E-state index contributed by atoms with van der Waals surface area (Å²) in [5, 5.41) is 20.5. The highest BCUT2D eigenvalue weighted by molar-refractivity contribution is 5.77. The van der Waals surface area contributed by atoms with E-state index in [2.05, 4.69) is 5.32 Å². The maximum Gasteiger partial charge on any atom is 0.246 e. The van der Waals surface area contributed by atoms with Crippen molar-refractivity contribution in [2.45, 2.75) is 37.8 Å². The molecule has 0 aromatic carbocycles. The van der Waals surface area contributed by atoms with Crippen LogP contribution in [0.3, 0.4) is 0 Å². The number of amides is 1. The maximum absolute atomic E-state index is 10.8. The fourth-order valence-corrected chi connectivity index (χ4v) is 1.53. The highest BCUT2D eigenvalue weighted by atomic mass is 16.3. The first-order valence-corrected chi connectivity index (χ1v) is 4.32. The van der Waals surface area contributed by atoms with Gasteiger partial charge >= 0.3 is 0 Å². The van der Waals surface area contributed by atoms with E-state index in [1.165, 1.54) is 0 Å². The van der Waals surface area contributed by atoms with Crippen molar-refractivity contribution < 1.29 is 15.0 Å². The van der Waals surface area contributed by atoms with Crippen LogP contribution in [0.4, 0.5) is 0 Å². The molecule has 70 valence electrons. The number of hydrogen-bond donors (Lipinski definition) is 3. The van der Waals surface area contributed by atoms with Crippen molar-refractivity contribution >= 4 is 5.91 Å². The van der Waals surface area contributed by atoms with E-state index in [-0.39, 0.29) is 6.04 Å². The molecule has 1 aliphatic carbocycles. The molecule has 1 aliphatic rings. The van der Waals surface area contributed by atoms with Crippen LogP contribution in [0.5, 0.6) is 0 Å². The Balaban J connectivity index is 2.33. The predicted molar refractivity (Wildman–Crippen MR) is 43.5 cm³/mol. The summed E-state index contributed by atoms with van der Waals surface area (Å²) in [5.41, 5.74) is 0. The molecule has 0 unspecified atom stereocenters. The number of carbonyl (C=O) groups is 1. The number of aliphatic hydroxyl groups is 2. The summed E-state index contributed by atoms with van der Waals surface area (Å²) in [6.07, 6.45) is 3.18. The van der Waals surface area contributed by atoms with E-state index in [4.69, 9.17) is 5.11 Å². The lowest BCUT2D eigenvalue weighted by Crippen LogP contribution is -2.45. The van der Waals surface area contributed by atoms with Gasteiger partial charge in [-0.3, -0.25) is 4.79 Å². The van der Waals surface area contributed by atoms with E-state index < -0.39 is 18.6 Å². The summed E-state index contributed by atoms with van der Waals surface area (Å²) in [6.45, 7) is -0.497. The first-order chi connectivity index (χ1) is 5.74. The van der Waals surface area contributed by atoms with Crippen molar-refractivity contribution in [3.8, 4) is 0 Å². The van der Waals surface area contributed by atoms with Crippen molar-refractivity contribution in [1.29, 1.82) is 0 Å². The molecule has 0 spiro atoms. The summed E-state index contributed by atoms with van der Waals surface area (Å²) in [7, 11) is 0. The molecule has 0 aliphatic heterocycles. The molecule has 0 aromatic rings. The topological polar surface area (TPSA) is 69.6 Å². The summed E-state index contributed by atoms with van der Waals surface area (Å²) in [4.78, 5) is 10.8. The molecule has 0 radical (unpaired) electrons. The Morgan fingerprint density at radius 2 is 2.08 bits per heavy atom. The Morgan fingerprint density at radius 3 is 2.67 bits per heavy atom. The Bertz CT molecular complexity index is 160. The number of nitrogens with one attached hydrogen (secondary N) is 1. The van der Waals surface area contributed by atoms with E-state index in [9.17, 15) is 9.90 Å². The second kappa shape index (κ2) is 4.42. The molecule has 1 amide bonds. The van der Waals surface area contributed by atoms with Crippen LogP contribution in [-0.4, -0.2) is 34.9 Å². The van der Waals surface area contributed by atoms with Crippen LogP contribution in [0.1, 0.15) is 25.7 Å². The normalized spacial score (nSPS) is 29.8. The Labute approximate surface area is 71.6 Å². The molecule has 4 heteroatoms. The molecule has 0 bridgehead atoms. The van der Waals surface area contributed by atoms with Gasteiger partial charge in [-0.05, 0) is 12.8 Å². The molecule has 4 nitrogen and oxygen atoms in total. The van der Waals surface area contributed by atoms with Crippen molar-refractivity contribution in [2.75, 3.05) is 6.61 Å². The smallest absolute Gasteiger partial charge is 0.246 e. The lowest BCUT2D eigenvalue weighted by Gasteiger charge is -2.27. The van der Waals surface area contributed by atoms with E-state index >= 15 is 0 Å². The number of hydrogen-bond acceptors (Lipinski definition) is 3. The minimum Gasteiger partial charge on any atom is -0.391 e. The van der Waals surface area contributed by atoms with E-state index in [1.54, 1.807) is 0 Å². The zero-order valence-electron chi connectivity index (χ0n) is 6.99. The maximum atomic E-state index is 10.8. The van der Waals surface area contributed by atoms with E-state index in [0.717, 1.165) is 25.7 Å². The molecular formula is C8H15NO3. The molecule has 0 aromatic heterocycles. The van der Waals surface area contributed by atoms with Crippen LogP contribution in [-0.2, 0) is 4.79 Å². The largest absolute Gasteiger partial charge is 0.391 e. The molecule has 1 fully saturated rings. The highest BCUT2D eigenvalue weighted by Gasteiger charge is 2.23. The average Bonchev–Trinajstić information content (AvgIpc) is 2.09. The van der Waals surface area contributed by atoms with Gasteiger partial charge in [0.05, 0.1) is 12.1 Å². The predicted octanol–water partition coefficient (Wildman–Crippen LogP) is -0.602. The lowest BCUT2D eigenvalue weighted by atomic mass is 9.92. The molecule has 12 heavy (non-hydrogen) atoms. The van der Waals surface area contributed by atoms with Gasteiger partial charge in [-0.1, -0.05) is 12.8 Å². The first-order valence-electron chi connectivity index (χ1n) is 4.32. The SMILES string of the molecule is O=C(CO)N[C@@H]1CCCC[C@H]1O. The monoisotopic (exact) mass is 173 g/mol. The van der Waals surface area contributed by atoms with Gasteiger partial charge < -0.3 is 15.5 Å². The third-order valence-corrected chi connectivity index (χ3v) is 2.22. The fourth-order valence-electron chi connectivity index (χ4n) is 1.53. The number of aliphatic hydroxyl groups excluding tert-OH is 2. The van der Waals surface area contributed by atoms with Gasteiger partial charge in [0, 0.05) is 0 Å². The minimum atomic E-state index is -0.497. The van der Waals surface area contributed by atoms with Gasteiger partial charge in [0.1, 0.15) is 6.61 Å².